The zero-order valence-electron chi connectivity index (χ0n) is 17.9. The minimum Gasteiger partial charge on any atom is -0.457 e. The van der Waals surface area contributed by atoms with Gasteiger partial charge in [-0.1, -0.05) is 30.3 Å². The van der Waals surface area contributed by atoms with Gasteiger partial charge in [0.15, 0.2) is 5.65 Å². The van der Waals surface area contributed by atoms with Crippen molar-refractivity contribution in [2.24, 2.45) is 0 Å². The molecule has 0 saturated carbocycles. The first-order valence-corrected chi connectivity index (χ1v) is 11.2. The lowest BCUT2D eigenvalue weighted by atomic mass is 10.1. The Morgan fingerprint density at radius 3 is 2.41 bits per heavy atom. The average Bonchev–Trinajstić information content (AvgIpc) is 3.21. The van der Waals surface area contributed by atoms with Crippen molar-refractivity contribution in [3.05, 3.63) is 89.7 Å². The number of ether oxygens (including phenoxy) is 1. The van der Waals surface area contributed by atoms with E-state index < -0.39 is 0 Å². The van der Waals surface area contributed by atoms with E-state index in [9.17, 15) is 4.79 Å². The van der Waals surface area contributed by atoms with Crippen molar-refractivity contribution in [1.82, 2.24) is 19.7 Å². The molecular weight excluding hydrogens is 496 g/mol. The quantitative estimate of drug-likeness (QED) is 0.319. The van der Waals surface area contributed by atoms with E-state index >= 15 is 0 Å². The van der Waals surface area contributed by atoms with Gasteiger partial charge in [-0.05, 0) is 64.5 Å². The molecule has 0 aliphatic carbocycles. The van der Waals surface area contributed by atoms with Gasteiger partial charge in [-0.3, -0.25) is 4.79 Å². The van der Waals surface area contributed by atoms with E-state index in [1.807, 2.05) is 78.9 Å². The maximum absolute atomic E-state index is 12.7. The monoisotopic (exact) mass is 514 g/mol. The number of carbonyl (C=O) groups is 1. The van der Waals surface area contributed by atoms with Gasteiger partial charge < -0.3 is 15.8 Å². The predicted molar refractivity (Wildman–Crippen MR) is 134 cm³/mol. The number of anilines is 2. The Hall–Kier alpha value is -4.24. The summed E-state index contributed by atoms with van der Waals surface area (Å²) in [5.74, 6) is 1.49. The van der Waals surface area contributed by atoms with E-state index in [1.165, 1.54) is 11.0 Å². The highest BCUT2D eigenvalue weighted by molar-refractivity contribution is 9.10. The zero-order chi connectivity index (χ0) is 23.5. The number of carbonyl (C=O) groups excluding carboxylic acids is 1. The average molecular weight is 515 g/mol. The van der Waals surface area contributed by atoms with Crippen molar-refractivity contribution < 1.29 is 9.53 Å². The van der Waals surface area contributed by atoms with Crippen LogP contribution in [0.5, 0.6) is 11.5 Å². The second kappa shape index (κ2) is 9.32. The Balaban J connectivity index is 1.44. The van der Waals surface area contributed by atoms with Crippen LogP contribution in [0.2, 0.25) is 0 Å². The number of aromatic nitrogens is 4. The fourth-order valence-electron chi connectivity index (χ4n) is 3.54. The highest BCUT2D eigenvalue weighted by Gasteiger charge is 2.19. The molecule has 2 aromatic heterocycles. The SMILES string of the molecule is Nc1ncnc2c1c(-c1ccc(Oc3ccccc3)cc1)nn2CC(=O)Nc1ccccc1Br. The van der Waals surface area contributed by atoms with Crippen molar-refractivity contribution in [3.8, 4) is 22.8 Å². The standard InChI is InChI=1S/C25H19BrN6O2/c26-19-8-4-5-9-20(19)30-21(33)14-32-25-22(24(27)28-15-29-25)23(31-32)16-10-12-18(13-11-16)34-17-6-2-1-3-7-17/h1-13,15H,14H2,(H,30,33)(H2,27,28,29). The van der Waals surface area contributed by atoms with Crippen molar-refractivity contribution in [2.45, 2.75) is 6.54 Å². The van der Waals surface area contributed by atoms with Crippen molar-refractivity contribution in [1.29, 1.82) is 0 Å². The number of halogens is 1. The van der Waals surface area contributed by atoms with Gasteiger partial charge in [0.2, 0.25) is 5.91 Å². The van der Waals surface area contributed by atoms with Crippen molar-refractivity contribution in [3.63, 3.8) is 0 Å². The molecule has 5 aromatic rings. The summed E-state index contributed by atoms with van der Waals surface area (Å²) in [5, 5.41) is 8.13. The fraction of sp³-hybridized carbons (Fsp3) is 0.0400. The Morgan fingerprint density at radius 2 is 1.65 bits per heavy atom. The number of nitrogens with two attached hydrogens (primary N) is 1. The first-order chi connectivity index (χ1) is 16.6. The first-order valence-electron chi connectivity index (χ1n) is 10.4. The lowest BCUT2D eigenvalue weighted by Gasteiger charge is -2.07. The number of benzene rings is 3. The van der Waals surface area contributed by atoms with Gasteiger partial charge >= 0.3 is 0 Å². The number of nitrogen functional groups attached to an aromatic ring is 1. The van der Waals surface area contributed by atoms with Crippen molar-refractivity contribution >= 4 is 44.4 Å². The Labute approximate surface area is 203 Å². The maximum Gasteiger partial charge on any atom is 0.246 e. The molecule has 0 unspecified atom stereocenters. The van der Waals surface area contributed by atoms with Crippen LogP contribution in [0.25, 0.3) is 22.3 Å². The smallest absolute Gasteiger partial charge is 0.246 e. The summed E-state index contributed by atoms with van der Waals surface area (Å²) in [6.07, 6.45) is 1.36. The Kier molecular flexibility index (Phi) is 5.92. The highest BCUT2D eigenvalue weighted by Crippen LogP contribution is 2.32. The lowest BCUT2D eigenvalue weighted by molar-refractivity contribution is -0.116. The number of amides is 1. The van der Waals surface area contributed by atoms with Crippen LogP contribution in [0, 0.1) is 0 Å². The zero-order valence-corrected chi connectivity index (χ0v) is 19.4. The van der Waals surface area contributed by atoms with Crippen LogP contribution >= 0.6 is 15.9 Å². The summed E-state index contributed by atoms with van der Waals surface area (Å²) in [4.78, 5) is 21.2. The second-order valence-corrected chi connectivity index (χ2v) is 8.29. The molecule has 0 spiro atoms. The van der Waals surface area contributed by atoms with Crippen LogP contribution in [-0.2, 0) is 11.3 Å². The summed E-state index contributed by atoms with van der Waals surface area (Å²) in [6.45, 7) is -0.0382. The molecule has 0 bridgehead atoms. The summed E-state index contributed by atoms with van der Waals surface area (Å²) in [5.41, 5.74) is 8.73. The molecule has 0 fully saturated rings. The van der Waals surface area contributed by atoms with Gasteiger partial charge in [0.25, 0.3) is 0 Å². The molecule has 0 atom stereocenters. The van der Waals surface area contributed by atoms with E-state index in [1.54, 1.807) is 0 Å². The minimum absolute atomic E-state index is 0.0382. The molecule has 34 heavy (non-hydrogen) atoms. The number of para-hydroxylation sites is 2. The molecule has 0 saturated heterocycles. The molecular formula is C25H19BrN6O2. The van der Waals surface area contributed by atoms with Crippen LogP contribution in [0.1, 0.15) is 0 Å². The lowest BCUT2D eigenvalue weighted by Crippen LogP contribution is -2.20. The number of hydrogen-bond acceptors (Lipinski definition) is 6. The summed E-state index contributed by atoms with van der Waals surface area (Å²) >= 11 is 3.44. The van der Waals surface area contributed by atoms with Crippen LogP contribution in [0.15, 0.2) is 89.7 Å². The number of rotatable bonds is 6. The molecule has 3 N–H and O–H groups in total. The third kappa shape index (κ3) is 4.46. The van der Waals surface area contributed by atoms with Crippen LogP contribution in [-0.4, -0.2) is 25.7 Å². The summed E-state index contributed by atoms with van der Waals surface area (Å²) in [7, 11) is 0. The summed E-state index contributed by atoms with van der Waals surface area (Å²) < 4.78 is 8.19. The first kappa shape index (κ1) is 21.6. The van der Waals surface area contributed by atoms with Gasteiger partial charge in [-0.15, -0.1) is 0 Å². The molecule has 3 aromatic carbocycles. The van der Waals surface area contributed by atoms with E-state index in [0.29, 0.717) is 34.0 Å². The number of hydrogen-bond donors (Lipinski definition) is 2. The maximum atomic E-state index is 12.7. The van der Waals surface area contributed by atoms with Gasteiger partial charge in [0.05, 0.1) is 11.1 Å². The molecule has 2 heterocycles. The molecule has 8 nitrogen and oxygen atoms in total. The summed E-state index contributed by atoms with van der Waals surface area (Å²) in [6, 6.07) is 24.4. The number of nitrogens with zero attached hydrogens (tertiary/aromatic N) is 4. The highest BCUT2D eigenvalue weighted by atomic mass is 79.9. The second-order valence-electron chi connectivity index (χ2n) is 7.43. The normalized spacial score (nSPS) is 10.9. The topological polar surface area (TPSA) is 108 Å². The molecule has 168 valence electrons. The van der Waals surface area contributed by atoms with Crippen LogP contribution < -0.4 is 15.8 Å². The van der Waals surface area contributed by atoms with Gasteiger partial charge in [0.1, 0.15) is 35.9 Å². The molecule has 1 amide bonds. The minimum atomic E-state index is -0.244. The van der Waals surface area contributed by atoms with Gasteiger partial charge in [-0.2, -0.15) is 5.10 Å². The van der Waals surface area contributed by atoms with E-state index in [4.69, 9.17) is 10.5 Å². The van der Waals surface area contributed by atoms with Crippen LogP contribution in [0.3, 0.4) is 0 Å². The third-order valence-electron chi connectivity index (χ3n) is 5.11. The molecule has 0 radical (unpaired) electrons. The molecule has 0 aliphatic rings. The molecule has 5 rings (SSSR count). The van der Waals surface area contributed by atoms with Crippen molar-refractivity contribution in [2.75, 3.05) is 11.1 Å². The largest absolute Gasteiger partial charge is 0.457 e. The van der Waals surface area contributed by atoms with E-state index in [-0.39, 0.29) is 12.5 Å². The molecule has 9 heteroatoms. The van der Waals surface area contributed by atoms with E-state index in [2.05, 4.69) is 36.3 Å². The third-order valence-corrected chi connectivity index (χ3v) is 5.80. The van der Waals surface area contributed by atoms with Gasteiger partial charge in [-0.25, -0.2) is 14.6 Å². The number of fused-ring (bicyclic) bond motifs is 1. The molecule has 0 aliphatic heterocycles. The van der Waals surface area contributed by atoms with Gasteiger partial charge in [0, 0.05) is 10.0 Å². The van der Waals surface area contributed by atoms with E-state index in [0.717, 1.165) is 15.8 Å². The Bertz CT molecular complexity index is 1470. The fourth-order valence-corrected chi connectivity index (χ4v) is 3.92. The Morgan fingerprint density at radius 1 is 0.941 bits per heavy atom. The number of nitrogens with one attached hydrogen (secondary N) is 1. The predicted octanol–water partition coefficient (Wildman–Crippen LogP) is 5.27. The van der Waals surface area contributed by atoms with Crippen LogP contribution in [0.4, 0.5) is 11.5 Å².